The highest BCUT2D eigenvalue weighted by Gasteiger charge is 2.33. The van der Waals surface area contributed by atoms with Crippen LogP contribution in [0.5, 0.6) is 11.5 Å². The fourth-order valence-corrected chi connectivity index (χ4v) is 7.52. The van der Waals surface area contributed by atoms with E-state index in [1.54, 1.807) is 31.7 Å². The molecule has 1 unspecified atom stereocenters. The van der Waals surface area contributed by atoms with Crippen molar-refractivity contribution in [2.75, 3.05) is 27.3 Å². The van der Waals surface area contributed by atoms with E-state index >= 15 is 0 Å². The van der Waals surface area contributed by atoms with Gasteiger partial charge in [-0.2, -0.15) is 9.30 Å². The van der Waals surface area contributed by atoms with Crippen LogP contribution in [0.15, 0.2) is 38.8 Å². The van der Waals surface area contributed by atoms with Crippen LogP contribution >= 0.6 is 22.7 Å². The van der Waals surface area contributed by atoms with Gasteiger partial charge in [-0.15, -0.1) is 11.3 Å². The maximum atomic E-state index is 13.0. The van der Waals surface area contributed by atoms with Gasteiger partial charge in [0.25, 0.3) is 15.9 Å². The molecule has 8 nitrogen and oxygen atoms in total. The third-order valence-electron chi connectivity index (χ3n) is 5.34. The van der Waals surface area contributed by atoms with Crippen LogP contribution in [0.3, 0.4) is 0 Å². The molecule has 0 bridgehead atoms. The summed E-state index contributed by atoms with van der Waals surface area (Å²) >= 11 is 2.53. The normalized spacial score (nSPS) is 18.4. The Kier molecular flexibility index (Phi) is 6.20. The lowest BCUT2D eigenvalue weighted by molar-refractivity contribution is -0.122. The second kappa shape index (κ2) is 8.73. The molecule has 166 valence electrons. The zero-order valence-electron chi connectivity index (χ0n) is 17.4. The summed E-state index contributed by atoms with van der Waals surface area (Å²) < 4.78 is 41.0. The van der Waals surface area contributed by atoms with Crippen molar-refractivity contribution in [1.29, 1.82) is 0 Å². The van der Waals surface area contributed by atoms with Crippen LogP contribution in [0, 0.1) is 5.92 Å². The number of amides is 1. The number of carbonyl (C=O) groups is 1. The number of fused-ring (bicyclic) bond motifs is 1. The Morgan fingerprint density at radius 2 is 1.94 bits per heavy atom. The molecule has 31 heavy (non-hydrogen) atoms. The topological polar surface area (TPSA) is 90.2 Å². The Morgan fingerprint density at radius 1 is 1.19 bits per heavy atom. The molecule has 0 spiro atoms. The summed E-state index contributed by atoms with van der Waals surface area (Å²) in [4.78, 5) is 17.9. The van der Waals surface area contributed by atoms with E-state index in [4.69, 9.17) is 9.47 Å². The van der Waals surface area contributed by atoms with Gasteiger partial charge in [0.1, 0.15) is 25.9 Å². The van der Waals surface area contributed by atoms with Crippen molar-refractivity contribution in [2.45, 2.75) is 17.1 Å². The predicted molar refractivity (Wildman–Crippen MR) is 120 cm³/mol. The summed E-state index contributed by atoms with van der Waals surface area (Å²) in [6.45, 7) is 0.554. The number of thiazole rings is 1. The minimum absolute atomic E-state index is 0.143. The molecule has 1 aliphatic rings. The van der Waals surface area contributed by atoms with Crippen LogP contribution in [0.4, 0.5) is 0 Å². The number of hydrogen-bond donors (Lipinski definition) is 0. The molecule has 0 radical (unpaired) electrons. The summed E-state index contributed by atoms with van der Waals surface area (Å²) in [6.07, 6.45) is 1.23. The number of rotatable bonds is 5. The van der Waals surface area contributed by atoms with Crippen molar-refractivity contribution in [3.63, 3.8) is 0 Å². The molecule has 1 aliphatic heterocycles. The van der Waals surface area contributed by atoms with E-state index in [0.29, 0.717) is 39.9 Å². The first kappa shape index (κ1) is 22.0. The molecule has 0 saturated carbocycles. The number of carbonyl (C=O) groups excluding carboxylic acids is 1. The van der Waals surface area contributed by atoms with E-state index < -0.39 is 15.9 Å². The third-order valence-corrected chi connectivity index (χ3v) is 9.73. The highest BCUT2D eigenvalue weighted by Crippen LogP contribution is 2.34. The van der Waals surface area contributed by atoms with E-state index in [0.717, 1.165) is 10.2 Å². The predicted octanol–water partition coefficient (Wildman–Crippen LogP) is 2.85. The lowest BCUT2D eigenvalue weighted by Crippen LogP contribution is -2.42. The summed E-state index contributed by atoms with van der Waals surface area (Å²) in [5.74, 6) is 0.550. The maximum Gasteiger partial charge on any atom is 0.252 e. The first-order chi connectivity index (χ1) is 14.9. The average molecular weight is 482 g/mol. The zero-order valence-corrected chi connectivity index (χ0v) is 19.8. The van der Waals surface area contributed by atoms with Gasteiger partial charge in [0.2, 0.25) is 0 Å². The fourth-order valence-electron chi connectivity index (χ4n) is 3.71. The number of hydrogen-bond acceptors (Lipinski definition) is 7. The summed E-state index contributed by atoms with van der Waals surface area (Å²) in [5.41, 5.74) is 0.795. The Morgan fingerprint density at radius 3 is 2.61 bits per heavy atom. The molecule has 3 aromatic rings. The molecule has 1 aromatic carbocycles. The van der Waals surface area contributed by atoms with Crippen LogP contribution in [-0.4, -0.2) is 50.5 Å². The lowest BCUT2D eigenvalue weighted by atomic mass is 9.99. The number of aromatic nitrogens is 1. The van der Waals surface area contributed by atoms with Gasteiger partial charge in [-0.3, -0.25) is 4.79 Å². The van der Waals surface area contributed by atoms with Crippen LogP contribution in [0.25, 0.3) is 10.2 Å². The standard InChI is InChI=1S/C20H23N3O5S3/c1-22-17-14(27-2)8-9-15(28-3)18(17)30-20(22)21-19(24)13-6-4-10-23(12-13)31(25,26)16-7-5-11-29-16/h5,7-9,11,13H,4,6,10,12H2,1-3H3. The molecule has 2 aromatic heterocycles. The van der Waals surface area contributed by atoms with E-state index in [9.17, 15) is 13.2 Å². The molecular formula is C20H23N3O5S3. The molecule has 1 amide bonds. The first-order valence-electron chi connectivity index (χ1n) is 9.69. The number of benzene rings is 1. The largest absolute Gasteiger partial charge is 0.495 e. The summed E-state index contributed by atoms with van der Waals surface area (Å²) in [6, 6.07) is 6.93. The molecule has 3 heterocycles. The van der Waals surface area contributed by atoms with E-state index in [-0.39, 0.29) is 12.5 Å². The minimum Gasteiger partial charge on any atom is -0.495 e. The van der Waals surface area contributed by atoms with Crippen molar-refractivity contribution in [3.05, 3.63) is 34.4 Å². The first-order valence-corrected chi connectivity index (χ1v) is 12.8. The van der Waals surface area contributed by atoms with Crippen LogP contribution in [0.2, 0.25) is 0 Å². The summed E-state index contributed by atoms with van der Waals surface area (Å²) in [7, 11) is 1.42. The van der Waals surface area contributed by atoms with Crippen LogP contribution < -0.4 is 14.3 Å². The van der Waals surface area contributed by atoms with Crippen molar-refractivity contribution in [3.8, 4) is 11.5 Å². The van der Waals surface area contributed by atoms with Gasteiger partial charge < -0.3 is 14.0 Å². The Balaban J connectivity index is 1.66. The van der Waals surface area contributed by atoms with Gasteiger partial charge in [-0.05, 0) is 36.4 Å². The number of methoxy groups -OCH3 is 2. The minimum atomic E-state index is -3.58. The number of ether oxygens (including phenoxy) is 2. The number of piperidine rings is 1. The highest BCUT2D eigenvalue weighted by molar-refractivity contribution is 7.91. The van der Waals surface area contributed by atoms with Gasteiger partial charge in [-0.1, -0.05) is 17.4 Å². The van der Waals surface area contributed by atoms with Gasteiger partial charge in [-0.25, -0.2) is 8.42 Å². The zero-order chi connectivity index (χ0) is 22.2. The average Bonchev–Trinajstić information content (AvgIpc) is 3.43. The number of sulfonamides is 1. The Hall–Kier alpha value is -2.21. The summed E-state index contributed by atoms with van der Waals surface area (Å²) in [5, 5.41) is 1.73. The number of thiophene rings is 1. The molecule has 1 atom stereocenters. The number of aryl methyl sites for hydroxylation is 1. The molecule has 4 rings (SSSR count). The van der Waals surface area contributed by atoms with Crippen molar-refractivity contribution in [1.82, 2.24) is 8.87 Å². The second-order valence-electron chi connectivity index (χ2n) is 7.18. The molecule has 11 heteroatoms. The Bertz CT molecular complexity index is 1280. The maximum absolute atomic E-state index is 13.0. The van der Waals surface area contributed by atoms with Crippen LogP contribution in [0.1, 0.15) is 12.8 Å². The monoisotopic (exact) mass is 481 g/mol. The molecule has 0 N–H and O–H groups in total. The third kappa shape index (κ3) is 4.02. The van der Waals surface area contributed by atoms with Crippen molar-refractivity contribution < 1.29 is 22.7 Å². The molecular weight excluding hydrogens is 458 g/mol. The van der Waals surface area contributed by atoms with Crippen molar-refractivity contribution >= 4 is 48.8 Å². The van der Waals surface area contributed by atoms with Crippen molar-refractivity contribution in [2.24, 2.45) is 18.0 Å². The van der Waals surface area contributed by atoms with Gasteiger partial charge in [0.15, 0.2) is 4.80 Å². The second-order valence-corrected chi connectivity index (χ2v) is 11.3. The van der Waals surface area contributed by atoms with Gasteiger partial charge >= 0.3 is 0 Å². The SMILES string of the molecule is COc1ccc(OC)c2c1sc(=NC(=O)C1CCCN(S(=O)(=O)c3cccs3)C1)n2C. The van der Waals surface area contributed by atoms with Gasteiger partial charge in [0, 0.05) is 20.1 Å². The van der Waals surface area contributed by atoms with E-state index in [1.807, 2.05) is 23.7 Å². The molecule has 0 aliphatic carbocycles. The number of nitrogens with zero attached hydrogens (tertiary/aromatic N) is 3. The molecule has 1 fully saturated rings. The lowest BCUT2D eigenvalue weighted by Gasteiger charge is -2.29. The molecule has 1 saturated heterocycles. The quantitative estimate of drug-likeness (QED) is 0.559. The smallest absolute Gasteiger partial charge is 0.252 e. The highest BCUT2D eigenvalue weighted by atomic mass is 32.2. The van der Waals surface area contributed by atoms with Crippen LogP contribution in [-0.2, 0) is 21.9 Å². The Labute approximate surface area is 188 Å². The fraction of sp³-hybridized carbons (Fsp3) is 0.400. The van der Waals surface area contributed by atoms with E-state index in [1.165, 1.54) is 27.0 Å². The van der Waals surface area contributed by atoms with E-state index in [2.05, 4.69) is 4.99 Å². The van der Waals surface area contributed by atoms with Gasteiger partial charge in [0.05, 0.1) is 20.1 Å².